The SMILES string of the molecule is Cc1cc(C)c(S(=O)(=O)N2CCC(C(=O)Nc3cccc(CN4CCCC4=O)c3)CC2)c(C)c1. The molecule has 182 valence electrons. The minimum absolute atomic E-state index is 0.0888. The van der Waals surface area contributed by atoms with E-state index in [0.29, 0.717) is 49.5 Å². The van der Waals surface area contributed by atoms with Crippen LogP contribution in [-0.4, -0.2) is 49.1 Å². The van der Waals surface area contributed by atoms with E-state index >= 15 is 0 Å². The van der Waals surface area contributed by atoms with Gasteiger partial charge in [0.15, 0.2) is 0 Å². The van der Waals surface area contributed by atoms with E-state index in [0.717, 1.165) is 35.2 Å². The Morgan fingerprint density at radius 2 is 1.71 bits per heavy atom. The van der Waals surface area contributed by atoms with Gasteiger partial charge in [-0.1, -0.05) is 29.8 Å². The molecule has 7 nitrogen and oxygen atoms in total. The predicted molar refractivity (Wildman–Crippen MR) is 132 cm³/mol. The molecular formula is C26H33N3O4S. The molecule has 2 aliphatic heterocycles. The molecule has 0 aromatic heterocycles. The summed E-state index contributed by atoms with van der Waals surface area (Å²) in [6.45, 7) is 7.60. The van der Waals surface area contributed by atoms with Crippen molar-refractivity contribution < 1.29 is 18.0 Å². The van der Waals surface area contributed by atoms with Crippen molar-refractivity contribution in [1.29, 1.82) is 0 Å². The van der Waals surface area contributed by atoms with Crippen LogP contribution >= 0.6 is 0 Å². The highest BCUT2D eigenvalue weighted by atomic mass is 32.2. The maximum absolute atomic E-state index is 13.3. The van der Waals surface area contributed by atoms with Gasteiger partial charge in [0.2, 0.25) is 21.8 Å². The summed E-state index contributed by atoms with van der Waals surface area (Å²) < 4.78 is 28.1. The highest BCUT2D eigenvalue weighted by Crippen LogP contribution is 2.29. The normalized spacial score (nSPS) is 17.9. The molecule has 8 heteroatoms. The van der Waals surface area contributed by atoms with Gasteiger partial charge in [-0.05, 0) is 68.9 Å². The number of aryl methyl sites for hydroxylation is 3. The van der Waals surface area contributed by atoms with Crippen LogP contribution in [0.1, 0.15) is 47.9 Å². The molecule has 34 heavy (non-hydrogen) atoms. The molecule has 0 spiro atoms. The average molecular weight is 484 g/mol. The number of nitrogens with one attached hydrogen (secondary N) is 1. The molecule has 0 radical (unpaired) electrons. The number of piperidine rings is 1. The van der Waals surface area contributed by atoms with E-state index in [-0.39, 0.29) is 17.7 Å². The molecule has 2 heterocycles. The Hall–Kier alpha value is -2.71. The first kappa shape index (κ1) is 24.4. The lowest BCUT2D eigenvalue weighted by Gasteiger charge is -2.31. The number of amides is 2. The average Bonchev–Trinajstić information content (AvgIpc) is 3.17. The van der Waals surface area contributed by atoms with Crippen LogP contribution < -0.4 is 5.32 Å². The van der Waals surface area contributed by atoms with Crippen LogP contribution in [0.2, 0.25) is 0 Å². The van der Waals surface area contributed by atoms with E-state index in [1.54, 1.807) is 0 Å². The summed E-state index contributed by atoms with van der Waals surface area (Å²) in [5.74, 6) is -0.156. The third-order valence-electron chi connectivity index (χ3n) is 6.77. The van der Waals surface area contributed by atoms with Crippen LogP contribution in [0.25, 0.3) is 0 Å². The van der Waals surface area contributed by atoms with Gasteiger partial charge < -0.3 is 10.2 Å². The number of rotatable bonds is 6. The molecule has 0 aliphatic carbocycles. The number of likely N-dealkylation sites (tertiary alicyclic amines) is 1. The molecule has 1 N–H and O–H groups in total. The number of hydrogen-bond acceptors (Lipinski definition) is 4. The van der Waals surface area contributed by atoms with E-state index in [4.69, 9.17) is 0 Å². The van der Waals surface area contributed by atoms with Crippen molar-refractivity contribution in [2.75, 3.05) is 25.0 Å². The third-order valence-corrected chi connectivity index (χ3v) is 8.97. The Morgan fingerprint density at radius 3 is 2.32 bits per heavy atom. The lowest BCUT2D eigenvalue weighted by Crippen LogP contribution is -2.41. The quantitative estimate of drug-likeness (QED) is 0.678. The van der Waals surface area contributed by atoms with Crippen LogP contribution in [0.4, 0.5) is 5.69 Å². The third kappa shape index (κ3) is 5.18. The van der Waals surface area contributed by atoms with Gasteiger partial charge in [-0.2, -0.15) is 4.31 Å². The first-order valence-electron chi connectivity index (χ1n) is 11.9. The fourth-order valence-electron chi connectivity index (χ4n) is 5.14. The van der Waals surface area contributed by atoms with Crippen molar-refractivity contribution in [3.63, 3.8) is 0 Å². The topological polar surface area (TPSA) is 86.8 Å². The van der Waals surface area contributed by atoms with Gasteiger partial charge in [-0.3, -0.25) is 9.59 Å². The fourth-order valence-corrected chi connectivity index (χ4v) is 7.03. The number of carbonyl (C=O) groups is 2. The molecule has 2 fully saturated rings. The summed E-state index contributed by atoms with van der Waals surface area (Å²) in [5, 5.41) is 2.99. The van der Waals surface area contributed by atoms with Crippen LogP contribution in [0, 0.1) is 26.7 Å². The summed E-state index contributed by atoms with van der Waals surface area (Å²) in [4.78, 5) is 27.0. The molecule has 0 bridgehead atoms. The van der Waals surface area contributed by atoms with E-state index in [9.17, 15) is 18.0 Å². The number of hydrogen-bond donors (Lipinski definition) is 1. The zero-order valence-corrected chi connectivity index (χ0v) is 21.0. The molecule has 2 saturated heterocycles. The highest BCUT2D eigenvalue weighted by molar-refractivity contribution is 7.89. The first-order chi connectivity index (χ1) is 16.1. The Labute approximate surface area is 202 Å². The van der Waals surface area contributed by atoms with Crippen molar-refractivity contribution >= 4 is 27.5 Å². The summed E-state index contributed by atoms with van der Waals surface area (Å²) in [6, 6.07) is 11.4. The summed E-state index contributed by atoms with van der Waals surface area (Å²) in [7, 11) is -3.60. The fraction of sp³-hybridized carbons (Fsp3) is 0.462. The van der Waals surface area contributed by atoms with E-state index < -0.39 is 10.0 Å². The standard InChI is InChI=1S/C26H33N3O4S/c1-18-14-19(2)25(20(3)15-18)34(32,33)29-12-9-22(10-13-29)26(31)27-23-7-4-6-21(16-23)17-28-11-5-8-24(28)30/h4,6-7,14-16,22H,5,8-13,17H2,1-3H3,(H,27,31). The van der Waals surface area contributed by atoms with Crippen LogP contribution in [0.5, 0.6) is 0 Å². The monoisotopic (exact) mass is 483 g/mol. The minimum Gasteiger partial charge on any atom is -0.338 e. The van der Waals surface area contributed by atoms with Crippen molar-refractivity contribution in [2.24, 2.45) is 5.92 Å². The van der Waals surface area contributed by atoms with Crippen molar-refractivity contribution in [1.82, 2.24) is 9.21 Å². The summed E-state index contributed by atoms with van der Waals surface area (Å²) in [5.41, 5.74) is 4.24. The number of sulfonamides is 1. The van der Waals surface area contributed by atoms with Gasteiger partial charge >= 0.3 is 0 Å². The highest BCUT2D eigenvalue weighted by Gasteiger charge is 2.33. The molecule has 4 rings (SSSR count). The summed E-state index contributed by atoms with van der Waals surface area (Å²) in [6.07, 6.45) is 2.47. The smallest absolute Gasteiger partial charge is 0.243 e. The van der Waals surface area contributed by atoms with Crippen molar-refractivity contribution in [2.45, 2.75) is 57.9 Å². The largest absolute Gasteiger partial charge is 0.338 e. The van der Waals surface area contributed by atoms with Gasteiger partial charge in [-0.15, -0.1) is 0 Å². The zero-order chi connectivity index (χ0) is 24.5. The number of carbonyl (C=O) groups excluding carboxylic acids is 2. The molecule has 0 atom stereocenters. The molecular weight excluding hydrogens is 450 g/mol. The molecule has 0 saturated carbocycles. The lowest BCUT2D eigenvalue weighted by atomic mass is 9.97. The second-order valence-electron chi connectivity index (χ2n) is 9.51. The first-order valence-corrected chi connectivity index (χ1v) is 13.3. The van der Waals surface area contributed by atoms with E-state index in [2.05, 4.69) is 5.32 Å². The molecule has 2 aromatic carbocycles. The molecule has 2 amide bonds. The van der Waals surface area contributed by atoms with Crippen LogP contribution in [-0.2, 0) is 26.2 Å². The van der Waals surface area contributed by atoms with E-state index in [1.807, 2.05) is 62.1 Å². The van der Waals surface area contributed by atoms with Gasteiger partial charge in [0.25, 0.3) is 0 Å². The van der Waals surface area contributed by atoms with Crippen molar-refractivity contribution in [3.05, 3.63) is 58.7 Å². The van der Waals surface area contributed by atoms with Gasteiger partial charge in [0.1, 0.15) is 0 Å². The number of anilines is 1. The second-order valence-corrected chi connectivity index (χ2v) is 11.4. The van der Waals surface area contributed by atoms with Crippen molar-refractivity contribution in [3.8, 4) is 0 Å². The molecule has 0 unspecified atom stereocenters. The second kappa shape index (κ2) is 9.88. The lowest BCUT2D eigenvalue weighted by molar-refractivity contribution is -0.128. The maximum Gasteiger partial charge on any atom is 0.243 e. The van der Waals surface area contributed by atoms with Crippen LogP contribution in [0.15, 0.2) is 41.3 Å². The molecule has 2 aromatic rings. The molecule has 2 aliphatic rings. The maximum atomic E-state index is 13.3. The summed E-state index contributed by atoms with van der Waals surface area (Å²) >= 11 is 0. The Balaban J connectivity index is 1.37. The predicted octanol–water partition coefficient (Wildman–Crippen LogP) is 3.77. The van der Waals surface area contributed by atoms with E-state index in [1.165, 1.54) is 4.31 Å². The van der Waals surface area contributed by atoms with Gasteiger partial charge in [0.05, 0.1) is 4.90 Å². The van der Waals surface area contributed by atoms with Crippen LogP contribution in [0.3, 0.4) is 0 Å². The van der Waals surface area contributed by atoms with Gasteiger partial charge in [-0.25, -0.2) is 8.42 Å². The minimum atomic E-state index is -3.60. The zero-order valence-electron chi connectivity index (χ0n) is 20.1. The number of benzene rings is 2. The Bertz CT molecular complexity index is 1180. The Morgan fingerprint density at radius 1 is 1.03 bits per heavy atom. The van der Waals surface area contributed by atoms with Gasteiger partial charge in [0, 0.05) is 44.2 Å². The Kier molecular flexibility index (Phi) is 7.09. The number of nitrogens with zero attached hydrogens (tertiary/aromatic N) is 2.